The van der Waals surface area contributed by atoms with Gasteiger partial charge in [0.05, 0.1) is 23.6 Å². The van der Waals surface area contributed by atoms with Gasteiger partial charge < -0.3 is 31.6 Å². The lowest BCUT2D eigenvalue weighted by atomic mass is 9.79. The molecule has 0 spiro atoms. The van der Waals surface area contributed by atoms with E-state index < -0.39 is 5.92 Å². The van der Waals surface area contributed by atoms with Crippen molar-refractivity contribution in [1.29, 1.82) is 5.26 Å². The van der Waals surface area contributed by atoms with Crippen molar-refractivity contribution in [2.24, 2.45) is 11.7 Å². The summed E-state index contributed by atoms with van der Waals surface area (Å²) in [5.74, 6) is 0.803. The second-order valence-corrected chi connectivity index (χ2v) is 12.9. The van der Waals surface area contributed by atoms with E-state index in [1.807, 2.05) is 27.8 Å². The molecule has 3 atom stereocenters. The number of hydrogen-bond acceptors (Lipinski definition) is 11. The summed E-state index contributed by atoms with van der Waals surface area (Å²) in [7, 11) is 3.66. The van der Waals surface area contributed by atoms with Gasteiger partial charge in [-0.25, -0.2) is 4.98 Å². The fraction of sp³-hybridized carbons (Fsp3) is 0.657. The Labute approximate surface area is 280 Å². The number of rotatable bonds is 15. The van der Waals surface area contributed by atoms with E-state index in [0.29, 0.717) is 72.1 Å². The summed E-state index contributed by atoms with van der Waals surface area (Å²) in [6.07, 6.45) is 6.47. The maximum absolute atomic E-state index is 14.3. The van der Waals surface area contributed by atoms with Gasteiger partial charge in [-0.05, 0) is 70.0 Å². The van der Waals surface area contributed by atoms with E-state index in [-0.39, 0.29) is 19.1 Å². The molecule has 10 nitrogen and oxygen atoms in total. The van der Waals surface area contributed by atoms with Gasteiger partial charge in [-0.3, -0.25) is 4.79 Å². The highest BCUT2D eigenvalue weighted by atomic mass is 32.1. The van der Waals surface area contributed by atoms with Crippen LogP contribution in [0.15, 0.2) is 5.57 Å². The number of nitrogens with two attached hydrogens (primary N) is 2. The standard InChI is InChI=1S/C32H47N7O3S.C2H6.CH4/c1-5-8-22(29(40)21-10-6-11-25-26(21)23(15-33)30(35)43-25)27(34)31-38-28-20(12-14-41-4)16-37-17-24(28)32(39-31)42-18-19(2)9-7-13-36-3;1-2;/h19-21,36-37H,5-14,16-18,34-35H2,1-4H3;1-2H3;1H4/b27-22-;;/t19-,20-,21-;;/m0../s1. The molecule has 2 aromatic heterocycles. The Kier molecular flexibility index (Phi) is 16.7. The predicted molar refractivity (Wildman–Crippen MR) is 189 cm³/mol. The van der Waals surface area contributed by atoms with E-state index in [1.54, 1.807) is 7.11 Å². The summed E-state index contributed by atoms with van der Waals surface area (Å²) in [5, 5.41) is 17.0. The van der Waals surface area contributed by atoms with Gasteiger partial charge >= 0.3 is 0 Å². The first-order chi connectivity index (χ1) is 21.8. The van der Waals surface area contributed by atoms with Gasteiger partial charge in [0.15, 0.2) is 11.6 Å². The maximum atomic E-state index is 14.3. The molecule has 3 heterocycles. The third-order valence-corrected chi connectivity index (χ3v) is 9.56. The molecule has 11 heteroatoms. The Morgan fingerprint density at radius 1 is 1.30 bits per heavy atom. The molecule has 0 amide bonds. The summed E-state index contributed by atoms with van der Waals surface area (Å²) in [6, 6.07) is 2.25. The minimum absolute atomic E-state index is 0. The largest absolute Gasteiger partial charge is 0.477 e. The molecule has 1 aliphatic heterocycles. The van der Waals surface area contributed by atoms with Crippen LogP contribution < -0.4 is 26.8 Å². The summed E-state index contributed by atoms with van der Waals surface area (Å²) in [6.45, 7) is 11.7. The SMILES string of the molecule is C.CC.CCC/C(C(=O)[C@H]1CCCc2sc(N)c(C#N)c21)=C(/N)c1nc(OC[C@@H](C)CCCNC)c2c(n1)[C@@H](CCOC)CNC2. The van der Waals surface area contributed by atoms with Crippen LogP contribution in [0.25, 0.3) is 5.70 Å². The van der Waals surface area contributed by atoms with Crippen LogP contribution in [0.2, 0.25) is 0 Å². The molecule has 6 N–H and O–H groups in total. The Bertz CT molecular complexity index is 1350. The van der Waals surface area contributed by atoms with E-state index in [0.717, 1.165) is 73.3 Å². The molecule has 0 radical (unpaired) electrons. The quantitative estimate of drug-likeness (QED) is 0.131. The molecule has 0 unspecified atom stereocenters. The zero-order chi connectivity index (χ0) is 32.9. The number of aryl methyl sites for hydroxylation is 1. The zero-order valence-corrected chi connectivity index (χ0v) is 28.9. The fourth-order valence-electron chi connectivity index (χ4n) is 6.16. The van der Waals surface area contributed by atoms with Crippen molar-refractivity contribution < 1.29 is 14.3 Å². The molecule has 0 aromatic carbocycles. The fourth-order valence-corrected chi connectivity index (χ4v) is 7.29. The number of fused-ring (bicyclic) bond motifs is 2. The van der Waals surface area contributed by atoms with Gasteiger partial charge in [-0.1, -0.05) is 41.5 Å². The average molecular weight is 656 g/mol. The van der Waals surface area contributed by atoms with Crippen molar-refractivity contribution in [3.63, 3.8) is 0 Å². The molecule has 0 saturated heterocycles. The van der Waals surface area contributed by atoms with Gasteiger partial charge in [-0.15, -0.1) is 11.3 Å². The van der Waals surface area contributed by atoms with Crippen molar-refractivity contribution in [3.8, 4) is 11.9 Å². The molecule has 1 aliphatic carbocycles. The lowest BCUT2D eigenvalue weighted by Gasteiger charge is -2.28. The Balaban J connectivity index is 0.00000241. The molecule has 46 heavy (non-hydrogen) atoms. The smallest absolute Gasteiger partial charge is 0.221 e. The van der Waals surface area contributed by atoms with E-state index in [1.165, 1.54) is 11.3 Å². The average Bonchev–Trinajstić information content (AvgIpc) is 3.40. The number of nitriles is 1. The summed E-state index contributed by atoms with van der Waals surface area (Å²) < 4.78 is 11.8. The number of anilines is 1. The number of ketones is 1. The second-order valence-electron chi connectivity index (χ2n) is 11.7. The number of Topliss-reactive ketones (excluding diaryl/α,β-unsaturated/α-hetero) is 1. The van der Waals surface area contributed by atoms with Crippen molar-refractivity contribution in [1.82, 2.24) is 20.6 Å². The van der Waals surface area contributed by atoms with Crippen LogP contribution in [-0.2, 0) is 22.5 Å². The molecule has 2 aliphatic rings. The van der Waals surface area contributed by atoms with Crippen LogP contribution in [0, 0.1) is 17.2 Å². The van der Waals surface area contributed by atoms with Crippen LogP contribution in [0.4, 0.5) is 5.00 Å². The van der Waals surface area contributed by atoms with Gasteiger partial charge in [0.25, 0.3) is 0 Å². The molecular formula is C35H57N7O3S. The van der Waals surface area contributed by atoms with Crippen molar-refractivity contribution in [3.05, 3.63) is 38.7 Å². The first-order valence-corrected chi connectivity index (χ1v) is 17.4. The Morgan fingerprint density at radius 2 is 2.07 bits per heavy atom. The predicted octanol–water partition coefficient (Wildman–Crippen LogP) is 6.05. The highest BCUT2D eigenvalue weighted by molar-refractivity contribution is 7.16. The van der Waals surface area contributed by atoms with Crippen LogP contribution >= 0.6 is 11.3 Å². The Hall–Kier alpha value is -3.04. The highest BCUT2D eigenvalue weighted by Gasteiger charge is 2.35. The van der Waals surface area contributed by atoms with Gasteiger partial charge in [-0.2, -0.15) is 10.2 Å². The first-order valence-electron chi connectivity index (χ1n) is 16.6. The molecule has 2 aromatic rings. The summed E-state index contributed by atoms with van der Waals surface area (Å²) >= 11 is 1.43. The van der Waals surface area contributed by atoms with Crippen LogP contribution in [-0.4, -0.2) is 56.2 Å². The molecule has 0 fully saturated rings. The normalized spacial score (nSPS) is 18.0. The van der Waals surface area contributed by atoms with Crippen LogP contribution in [0.5, 0.6) is 5.88 Å². The maximum Gasteiger partial charge on any atom is 0.221 e. The lowest BCUT2D eigenvalue weighted by Crippen LogP contribution is -2.32. The molecule has 0 bridgehead atoms. The number of allylic oxidation sites excluding steroid dienone is 1. The number of nitrogen functional groups attached to an aromatic ring is 1. The van der Waals surface area contributed by atoms with Crippen molar-refractivity contribution >= 4 is 27.8 Å². The number of methoxy groups -OCH3 is 1. The number of hydrogen-bond donors (Lipinski definition) is 4. The van der Waals surface area contributed by atoms with Crippen molar-refractivity contribution in [2.45, 2.75) is 105 Å². The van der Waals surface area contributed by atoms with Crippen molar-refractivity contribution in [2.75, 3.05) is 46.2 Å². The van der Waals surface area contributed by atoms with Crippen LogP contribution in [0.3, 0.4) is 0 Å². The number of thiophene rings is 1. The van der Waals surface area contributed by atoms with E-state index in [9.17, 15) is 10.1 Å². The topological polar surface area (TPSA) is 161 Å². The summed E-state index contributed by atoms with van der Waals surface area (Å²) in [5.41, 5.74) is 16.9. The zero-order valence-electron chi connectivity index (χ0n) is 28.1. The summed E-state index contributed by atoms with van der Waals surface area (Å²) in [4.78, 5) is 25.2. The molecule has 0 saturated carbocycles. The minimum atomic E-state index is -0.447. The number of carbonyl (C=O) groups is 1. The monoisotopic (exact) mass is 655 g/mol. The minimum Gasteiger partial charge on any atom is -0.477 e. The van der Waals surface area contributed by atoms with Gasteiger partial charge in [0.1, 0.15) is 11.1 Å². The van der Waals surface area contributed by atoms with Gasteiger partial charge in [0.2, 0.25) is 5.88 Å². The number of nitrogens with one attached hydrogen (secondary N) is 2. The second kappa shape index (κ2) is 19.6. The van der Waals surface area contributed by atoms with E-state index >= 15 is 0 Å². The van der Waals surface area contributed by atoms with Crippen LogP contribution in [0.1, 0.15) is 125 Å². The third-order valence-electron chi connectivity index (χ3n) is 8.47. The van der Waals surface area contributed by atoms with Gasteiger partial charge in [0, 0.05) is 54.7 Å². The highest BCUT2D eigenvalue weighted by Crippen LogP contribution is 2.44. The molecule has 256 valence electrons. The number of ether oxygens (including phenoxy) is 2. The van der Waals surface area contributed by atoms with E-state index in [2.05, 4.69) is 23.6 Å². The third kappa shape index (κ3) is 9.28. The first kappa shape index (κ1) is 39.1. The number of nitrogens with zero attached hydrogens (tertiary/aromatic N) is 3. The number of aromatic nitrogens is 2. The number of carbonyl (C=O) groups excluding carboxylic acids is 1. The molecular weight excluding hydrogens is 598 g/mol. The Morgan fingerprint density at radius 3 is 2.74 bits per heavy atom. The molecule has 4 rings (SSSR count). The lowest BCUT2D eigenvalue weighted by molar-refractivity contribution is -0.117. The van der Waals surface area contributed by atoms with E-state index in [4.69, 9.17) is 30.9 Å².